The molecule has 0 radical (unpaired) electrons. The normalized spacial score (nSPS) is 20.6. The van der Waals surface area contributed by atoms with Crippen LogP contribution in [-0.2, 0) is 9.59 Å². The van der Waals surface area contributed by atoms with E-state index in [0.717, 1.165) is 42.0 Å². The first-order valence-corrected chi connectivity index (χ1v) is 8.46. The average molecular weight is 325 g/mol. The second-order valence-corrected chi connectivity index (χ2v) is 6.62. The van der Waals surface area contributed by atoms with Gasteiger partial charge in [-0.1, -0.05) is 17.7 Å². The van der Waals surface area contributed by atoms with Gasteiger partial charge in [0.25, 0.3) is 0 Å². The molecule has 1 aliphatic carbocycles. The van der Waals surface area contributed by atoms with E-state index in [0.29, 0.717) is 5.82 Å². The Morgan fingerprint density at radius 3 is 2.58 bits per heavy atom. The molecule has 1 heterocycles. The first kappa shape index (κ1) is 16.4. The quantitative estimate of drug-likeness (QED) is 0.910. The highest BCUT2D eigenvalue weighted by molar-refractivity contribution is 6.01. The molecule has 2 aromatic rings. The molecular formula is C19H23N3O2. The molecule has 5 nitrogen and oxygen atoms in total. The summed E-state index contributed by atoms with van der Waals surface area (Å²) in [4.78, 5) is 28.1. The average Bonchev–Trinajstić information content (AvgIpc) is 2.55. The monoisotopic (exact) mass is 325 g/mol. The van der Waals surface area contributed by atoms with Crippen molar-refractivity contribution < 1.29 is 9.59 Å². The maximum atomic E-state index is 12.6. The maximum Gasteiger partial charge on any atom is 0.228 e. The van der Waals surface area contributed by atoms with E-state index >= 15 is 0 Å². The van der Waals surface area contributed by atoms with Crippen LogP contribution in [0.15, 0.2) is 30.5 Å². The smallest absolute Gasteiger partial charge is 0.228 e. The van der Waals surface area contributed by atoms with Crippen LogP contribution >= 0.6 is 0 Å². The van der Waals surface area contributed by atoms with E-state index in [1.807, 2.05) is 25.1 Å². The minimum atomic E-state index is -0.0168. The molecule has 24 heavy (non-hydrogen) atoms. The summed E-state index contributed by atoms with van der Waals surface area (Å²) in [6.45, 7) is 3.56. The van der Waals surface area contributed by atoms with Crippen molar-refractivity contribution in [3.05, 3.63) is 36.0 Å². The number of nitrogens with zero attached hydrogens (tertiary/aromatic N) is 1. The summed E-state index contributed by atoms with van der Waals surface area (Å²) in [7, 11) is 0. The molecule has 2 N–H and O–H groups in total. The van der Waals surface area contributed by atoms with Crippen molar-refractivity contribution in [3.8, 4) is 0 Å². The molecule has 1 aliphatic rings. The number of amides is 2. The van der Waals surface area contributed by atoms with Crippen LogP contribution in [0.2, 0.25) is 0 Å². The van der Waals surface area contributed by atoms with Crippen LogP contribution in [0.25, 0.3) is 10.8 Å². The van der Waals surface area contributed by atoms with Crippen molar-refractivity contribution in [1.82, 2.24) is 10.3 Å². The molecule has 0 saturated heterocycles. The fourth-order valence-electron chi connectivity index (χ4n) is 3.39. The second kappa shape index (κ2) is 6.99. The number of hydrogen-bond acceptors (Lipinski definition) is 3. The Balaban J connectivity index is 1.68. The number of aromatic nitrogens is 1. The summed E-state index contributed by atoms with van der Waals surface area (Å²) in [5.74, 6) is 0.637. The fraction of sp³-hybridized carbons (Fsp3) is 0.421. The molecule has 1 aromatic heterocycles. The van der Waals surface area contributed by atoms with Crippen LogP contribution in [0.1, 0.15) is 38.2 Å². The number of aryl methyl sites for hydroxylation is 1. The Labute approximate surface area is 141 Å². The first-order chi connectivity index (χ1) is 11.5. The Bertz CT molecular complexity index is 764. The third kappa shape index (κ3) is 3.72. The van der Waals surface area contributed by atoms with Gasteiger partial charge in [-0.2, -0.15) is 0 Å². The van der Waals surface area contributed by atoms with Gasteiger partial charge < -0.3 is 10.6 Å². The lowest BCUT2D eigenvalue weighted by atomic mass is 9.85. The largest absolute Gasteiger partial charge is 0.354 e. The van der Waals surface area contributed by atoms with Crippen LogP contribution in [-0.4, -0.2) is 22.8 Å². The third-order valence-electron chi connectivity index (χ3n) is 4.67. The predicted octanol–water partition coefficient (Wildman–Crippen LogP) is 3.18. The summed E-state index contributed by atoms with van der Waals surface area (Å²) < 4.78 is 0. The Kier molecular flexibility index (Phi) is 4.79. The molecule has 0 bridgehead atoms. The van der Waals surface area contributed by atoms with E-state index in [4.69, 9.17) is 0 Å². The molecule has 1 fully saturated rings. The summed E-state index contributed by atoms with van der Waals surface area (Å²) in [6, 6.07) is 8.29. The molecule has 0 atom stereocenters. The molecule has 0 unspecified atom stereocenters. The zero-order chi connectivity index (χ0) is 17.1. The Morgan fingerprint density at radius 2 is 1.88 bits per heavy atom. The van der Waals surface area contributed by atoms with E-state index in [1.165, 1.54) is 6.92 Å². The molecule has 3 rings (SSSR count). The number of nitrogens with one attached hydrogen (secondary N) is 2. The van der Waals surface area contributed by atoms with Gasteiger partial charge in [0.1, 0.15) is 5.82 Å². The molecule has 1 aromatic carbocycles. The number of rotatable bonds is 3. The molecule has 0 spiro atoms. The van der Waals surface area contributed by atoms with Gasteiger partial charge in [-0.15, -0.1) is 0 Å². The highest BCUT2D eigenvalue weighted by Gasteiger charge is 2.27. The maximum absolute atomic E-state index is 12.6. The number of benzene rings is 1. The van der Waals surface area contributed by atoms with E-state index in [9.17, 15) is 9.59 Å². The van der Waals surface area contributed by atoms with Crippen LogP contribution in [0, 0.1) is 12.8 Å². The Hall–Kier alpha value is -2.43. The van der Waals surface area contributed by atoms with E-state index in [2.05, 4.69) is 21.7 Å². The molecule has 2 amide bonds. The van der Waals surface area contributed by atoms with Crippen LogP contribution in [0.5, 0.6) is 0 Å². The van der Waals surface area contributed by atoms with Crippen molar-refractivity contribution >= 4 is 28.4 Å². The number of hydrogen-bond donors (Lipinski definition) is 2. The lowest BCUT2D eigenvalue weighted by Gasteiger charge is -2.28. The van der Waals surface area contributed by atoms with Gasteiger partial charge in [-0.05, 0) is 50.1 Å². The Morgan fingerprint density at radius 1 is 1.12 bits per heavy atom. The molecule has 0 aliphatic heterocycles. The molecule has 126 valence electrons. The topological polar surface area (TPSA) is 71.1 Å². The summed E-state index contributed by atoms with van der Waals surface area (Å²) in [5.41, 5.74) is 1.14. The minimum Gasteiger partial charge on any atom is -0.354 e. The summed E-state index contributed by atoms with van der Waals surface area (Å²) in [6.07, 6.45) is 5.00. The van der Waals surface area contributed by atoms with Gasteiger partial charge in [0, 0.05) is 30.5 Å². The SMILES string of the molecule is CC(=O)NC1CCC(C(=O)Nc2nccc3ccc(C)cc23)CC1. The summed E-state index contributed by atoms with van der Waals surface area (Å²) >= 11 is 0. The van der Waals surface area contributed by atoms with Crippen LogP contribution in [0.4, 0.5) is 5.82 Å². The zero-order valence-corrected chi connectivity index (χ0v) is 14.1. The minimum absolute atomic E-state index is 0.00164. The highest BCUT2D eigenvalue weighted by atomic mass is 16.2. The van der Waals surface area contributed by atoms with Gasteiger partial charge in [-0.25, -0.2) is 4.98 Å². The van der Waals surface area contributed by atoms with E-state index in [-0.39, 0.29) is 23.8 Å². The highest BCUT2D eigenvalue weighted by Crippen LogP contribution is 2.27. The molecule has 5 heteroatoms. The molecular weight excluding hydrogens is 302 g/mol. The van der Waals surface area contributed by atoms with Crippen molar-refractivity contribution in [2.24, 2.45) is 5.92 Å². The van der Waals surface area contributed by atoms with Crippen LogP contribution < -0.4 is 10.6 Å². The van der Waals surface area contributed by atoms with Gasteiger partial charge in [-0.3, -0.25) is 9.59 Å². The number of fused-ring (bicyclic) bond motifs is 1. The van der Waals surface area contributed by atoms with Gasteiger partial charge in [0.15, 0.2) is 0 Å². The molecule has 1 saturated carbocycles. The van der Waals surface area contributed by atoms with E-state index < -0.39 is 0 Å². The lowest BCUT2D eigenvalue weighted by Crippen LogP contribution is -2.38. The number of carbonyl (C=O) groups excluding carboxylic acids is 2. The standard InChI is InChI=1S/C19H23N3O2/c1-12-3-4-14-9-10-20-18(17(14)11-12)22-19(24)15-5-7-16(8-6-15)21-13(2)23/h3-4,9-11,15-16H,5-8H2,1-2H3,(H,21,23)(H,20,22,24). The van der Waals surface area contributed by atoms with E-state index in [1.54, 1.807) is 6.20 Å². The van der Waals surface area contributed by atoms with Crippen molar-refractivity contribution in [1.29, 1.82) is 0 Å². The van der Waals surface area contributed by atoms with Crippen LogP contribution in [0.3, 0.4) is 0 Å². The van der Waals surface area contributed by atoms with Crippen molar-refractivity contribution in [2.75, 3.05) is 5.32 Å². The zero-order valence-electron chi connectivity index (χ0n) is 14.1. The second-order valence-electron chi connectivity index (χ2n) is 6.62. The number of pyridine rings is 1. The van der Waals surface area contributed by atoms with Gasteiger partial charge in [0.05, 0.1) is 0 Å². The number of anilines is 1. The lowest BCUT2D eigenvalue weighted by molar-refractivity contribution is -0.121. The van der Waals surface area contributed by atoms with Crippen molar-refractivity contribution in [2.45, 2.75) is 45.6 Å². The third-order valence-corrected chi connectivity index (χ3v) is 4.67. The summed E-state index contributed by atoms with van der Waals surface area (Å²) in [5, 5.41) is 7.98. The van der Waals surface area contributed by atoms with Gasteiger partial charge >= 0.3 is 0 Å². The predicted molar refractivity (Wildman–Crippen MR) is 94.7 cm³/mol. The van der Waals surface area contributed by atoms with Crippen molar-refractivity contribution in [3.63, 3.8) is 0 Å². The van der Waals surface area contributed by atoms with Gasteiger partial charge in [0.2, 0.25) is 11.8 Å². The fourth-order valence-corrected chi connectivity index (χ4v) is 3.39. The first-order valence-electron chi connectivity index (χ1n) is 8.46. The number of carbonyl (C=O) groups is 2.